The van der Waals surface area contributed by atoms with Crippen LogP contribution in [0.3, 0.4) is 0 Å². The zero-order valence-corrected chi connectivity index (χ0v) is 18.9. The smallest absolute Gasteiger partial charge is 0.379 e. The van der Waals surface area contributed by atoms with Crippen LogP contribution in [0.25, 0.3) is 0 Å². The van der Waals surface area contributed by atoms with Crippen molar-refractivity contribution in [2.24, 2.45) is 0 Å². The monoisotopic (exact) mass is 392 g/mol. The molecule has 0 spiro atoms. The van der Waals surface area contributed by atoms with Crippen LogP contribution in [0.1, 0.15) is 77.6 Å². The summed E-state index contributed by atoms with van der Waals surface area (Å²) in [6, 6.07) is 0.774. The summed E-state index contributed by atoms with van der Waals surface area (Å²) in [5.74, 6) is 0. The standard InChI is InChI=1S/C20H44O5Si/c1-5-6-7-8-9-10-11-12-13-14-16-24-18-19-25-17-15-20-26(21-2,22-3)23-4/h5-20H2,1-4H3. The minimum atomic E-state index is -2.44. The maximum atomic E-state index is 5.63. The summed E-state index contributed by atoms with van der Waals surface area (Å²) in [7, 11) is 2.48. The number of unbranched alkanes of at least 4 members (excludes halogenated alkanes) is 9. The van der Waals surface area contributed by atoms with Crippen LogP contribution in [-0.2, 0) is 22.8 Å². The lowest BCUT2D eigenvalue weighted by Crippen LogP contribution is -2.42. The molecule has 0 aliphatic carbocycles. The summed E-state index contributed by atoms with van der Waals surface area (Å²) >= 11 is 0. The van der Waals surface area contributed by atoms with E-state index in [1.165, 1.54) is 64.2 Å². The van der Waals surface area contributed by atoms with Gasteiger partial charge in [0.15, 0.2) is 0 Å². The predicted octanol–water partition coefficient (Wildman–Crippen LogP) is 5.21. The third-order valence-corrected chi connectivity index (χ3v) is 7.55. The van der Waals surface area contributed by atoms with Gasteiger partial charge in [-0.15, -0.1) is 0 Å². The Morgan fingerprint density at radius 3 is 1.38 bits per heavy atom. The molecule has 0 heterocycles. The van der Waals surface area contributed by atoms with Crippen LogP contribution in [0.5, 0.6) is 0 Å². The molecule has 6 heteroatoms. The summed E-state index contributed by atoms with van der Waals surface area (Å²) in [5, 5.41) is 0. The minimum absolute atomic E-state index is 0.652. The number of ether oxygens (including phenoxy) is 2. The van der Waals surface area contributed by atoms with Gasteiger partial charge in [-0.2, -0.15) is 0 Å². The SMILES string of the molecule is CCCCCCCCCCCCOCCOCCC[Si](OC)(OC)OC. The van der Waals surface area contributed by atoms with E-state index in [9.17, 15) is 0 Å². The molecule has 0 atom stereocenters. The van der Waals surface area contributed by atoms with Crippen molar-refractivity contribution in [1.29, 1.82) is 0 Å². The van der Waals surface area contributed by atoms with Gasteiger partial charge in [-0.05, 0) is 12.8 Å². The Balaban J connectivity index is 3.20. The van der Waals surface area contributed by atoms with Crippen molar-refractivity contribution in [3.63, 3.8) is 0 Å². The molecular weight excluding hydrogens is 348 g/mol. The van der Waals surface area contributed by atoms with Crippen LogP contribution in [0.4, 0.5) is 0 Å². The first-order chi connectivity index (χ1) is 12.7. The van der Waals surface area contributed by atoms with Crippen molar-refractivity contribution < 1.29 is 22.8 Å². The maximum absolute atomic E-state index is 5.63. The van der Waals surface area contributed by atoms with Gasteiger partial charge >= 0.3 is 8.80 Å². The van der Waals surface area contributed by atoms with E-state index in [1.54, 1.807) is 21.3 Å². The second kappa shape index (κ2) is 19.8. The van der Waals surface area contributed by atoms with Crippen molar-refractivity contribution in [3.05, 3.63) is 0 Å². The van der Waals surface area contributed by atoms with Crippen molar-refractivity contribution in [2.75, 3.05) is 47.8 Å². The van der Waals surface area contributed by atoms with Gasteiger partial charge in [0.1, 0.15) is 0 Å². The second-order valence-corrected chi connectivity index (χ2v) is 9.90. The van der Waals surface area contributed by atoms with Gasteiger partial charge in [0.05, 0.1) is 13.2 Å². The molecule has 0 amide bonds. The number of hydrogen-bond acceptors (Lipinski definition) is 5. The molecule has 0 radical (unpaired) electrons. The van der Waals surface area contributed by atoms with E-state index >= 15 is 0 Å². The number of rotatable bonds is 21. The fourth-order valence-corrected chi connectivity index (χ4v) is 4.65. The molecule has 0 saturated heterocycles. The first kappa shape index (κ1) is 26.0. The summed E-state index contributed by atoms with van der Waals surface area (Å²) in [6.07, 6.45) is 14.4. The van der Waals surface area contributed by atoms with E-state index < -0.39 is 8.80 Å². The molecule has 0 aliphatic rings. The summed E-state index contributed by atoms with van der Waals surface area (Å²) < 4.78 is 27.4. The van der Waals surface area contributed by atoms with Crippen molar-refractivity contribution in [2.45, 2.75) is 83.6 Å². The Morgan fingerprint density at radius 2 is 0.923 bits per heavy atom. The molecule has 0 N–H and O–H groups in total. The summed E-state index contributed by atoms with van der Waals surface area (Å²) in [6.45, 7) is 5.14. The van der Waals surface area contributed by atoms with Crippen LogP contribution in [-0.4, -0.2) is 56.6 Å². The van der Waals surface area contributed by atoms with Gasteiger partial charge in [-0.3, -0.25) is 0 Å². The van der Waals surface area contributed by atoms with Crippen LogP contribution in [0.15, 0.2) is 0 Å². The van der Waals surface area contributed by atoms with E-state index in [0.29, 0.717) is 19.8 Å². The molecular formula is C20H44O5Si. The predicted molar refractivity (Wildman–Crippen MR) is 110 cm³/mol. The molecule has 0 aromatic carbocycles. The van der Waals surface area contributed by atoms with Gasteiger partial charge < -0.3 is 22.8 Å². The average molecular weight is 393 g/mol. The van der Waals surface area contributed by atoms with Crippen LogP contribution in [0, 0.1) is 0 Å². The second-order valence-electron chi connectivity index (χ2n) is 6.81. The van der Waals surface area contributed by atoms with Gasteiger partial charge in [-0.25, -0.2) is 0 Å². The molecule has 0 aliphatic heterocycles. The van der Waals surface area contributed by atoms with E-state index in [-0.39, 0.29) is 0 Å². The highest BCUT2D eigenvalue weighted by molar-refractivity contribution is 6.60. The molecule has 0 bridgehead atoms. The molecule has 0 saturated carbocycles. The van der Waals surface area contributed by atoms with Gasteiger partial charge in [0, 0.05) is 40.6 Å². The molecule has 158 valence electrons. The third kappa shape index (κ3) is 15.1. The van der Waals surface area contributed by atoms with E-state index in [0.717, 1.165) is 19.1 Å². The topological polar surface area (TPSA) is 46.2 Å². The highest BCUT2D eigenvalue weighted by Gasteiger charge is 2.36. The van der Waals surface area contributed by atoms with Crippen molar-refractivity contribution in [1.82, 2.24) is 0 Å². The zero-order chi connectivity index (χ0) is 19.3. The molecule has 5 nitrogen and oxygen atoms in total. The molecule has 0 aromatic rings. The highest BCUT2D eigenvalue weighted by Crippen LogP contribution is 2.14. The zero-order valence-electron chi connectivity index (χ0n) is 17.9. The maximum Gasteiger partial charge on any atom is 0.500 e. The Kier molecular flexibility index (Phi) is 19.8. The van der Waals surface area contributed by atoms with E-state index in [1.807, 2.05) is 0 Å². The fourth-order valence-electron chi connectivity index (χ4n) is 2.96. The Morgan fingerprint density at radius 1 is 0.500 bits per heavy atom. The lowest BCUT2D eigenvalue weighted by atomic mass is 10.1. The summed E-state index contributed by atoms with van der Waals surface area (Å²) in [4.78, 5) is 0. The molecule has 26 heavy (non-hydrogen) atoms. The first-order valence-corrected chi connectivity index (χ1v) is 12.5. The Bertz CT molecular complexity index is 267. The van der Waals surface area contributed by atoms with Crippen LogP contribution in [0.2, 0.25) is 6.04 Å². The molecule has 0 aromatic heterocycles. The lowest BCUT2D eigenvalue weighted by molar-refractivity contribution is 0.0444. The van der Waals surface area contributed by atoms with Crippen LogP contribution < -0.4 is 0 Å². The fraction of sp³-hybridized carbons (Fsp3) is 1.00. The summed E-state index contributed by atoms with van der Waals surface area (Å²) in [5.41, 5.74) is 0. The van der Waals surface area contributed by atoms with Crippen LogP contribution >= 0.6 is 0 Å². The first-order valence-electron chi connectivity index (χ1n) is 10.6. The highest BCUT2D eigenvalue weighted by atomic mass is 28.4. The third-order valence-electron chi connectivity index (χ3n) is 4.72. The molecule has 0 fully saturated rings. The van der Waals surface area contributed by atoms with Gasteiger partial charge in [0.2, 0.25) is 0 Å². The molecule has 0 unspecified atom stereocenters. The quantitative estimate of drug-likeness (QED) is 0.198. The Hall–Kier alpha value is 0.0169. The van der Waals surface area contributed by atoms with Gasteiger partial charge in [-0.1, -0.05) is 64.7 Å². The van der Waals surface area contributed by atoms with E-state index in [2.05, 4.69) is 6.92 Å². The Labute approximate surface area is 163 Å². The number of hydrogen-bond donors (Lipinski definition) is 0. The van der Waals surface area contributed by atoms with Crippen molar-refractivity contribution >= 4 is 8.80 Å². The van der Waals surface area contributed by atoms with Crippen molar-refractivity contribution in [3.8, 4) is 0 Å². The molecule has 0 rings (SSSR count). The largest absolute Gasteiger partial charge is 0.500 e. The average Bonchev–Trinajstić information content (AvgIpc) is 2.68. The lowest BCUT2D eigenvalue weighted by Gasteiger charge is -2.24. The van der Waals surface area contributed by atoms with Gasteiger partial charge in [0.25, 0.3) is 0 Å². The minimum Gasteiger partial charge on any atom is -0.379 e. The van der Waals surface area contributed by atoms with E-state index in [4.69, 9.17) is 22.8 Å². The normalized spacial score (nSPS) is 12.0.